The fourth-order valence-corrected chi connectivity index (χ4v) is 3.69. The lowest BCUT2D eigenvalue weighted by molar-refractivity contribution is 0.214. The molecule has 1 rings (SSSR count). The van der Waals surface area contributed by atoms with Crippen molar-refractivity contribution >= 4 is 33.0 Å². The minimum Gasteiger partial charge on any atom is -0.395 e. The van der Waals surface area contributed by atoms with Crippen LogP contribution in [0.4, 0.5) is 0 Å². The number of hydrogen-bond donors (Lipinski definition) is 1. The molecule has 1 unspecified atom stereocenters. The molecule has 15 heavy (non-hydrogen) atoms. The van der Waals surface area contributed by atoms with Gasteiger partial charge < -0.3 is 5.11 Å². The van der Waals surface area contributed by atoms with Gasteiger partial charge in [0.05, 0.1) is 12.8 Å². The van der Waals surface area contributed by atoms with Gasteiger partial charge in [-0.15, -0.1) is 0 Å². The highest BCUT2D eigenvalue weighted by Crippen LogP contribution is 2.25. The van der Waals surface area contributed by atoms with Crippen molar-refractivity contribution in [3.8, 4) is 0 Å². The van der Waals surface area contributed by atoms with Crippen LogP contribution in [0.5, 0.6) is 0 Å². The fraction of sp³-hybridized carbons (Fsp3) is 0.571. The summed E-state index contributed by atoms with van der Waals surface area (Å²) in [5, 5.41) is 8.88. The van der Waals surface area contributed by atoms with Crippen LogP contribution < -0.4 is 0 Å². The molecule has 0 radical (unpaired) electrons. The minimum absolute atomic E-state index is 0.0790. The lowest BCUT2D eigenvalue weighted by Gasteiger charge is -2.21. The molecule has 1 heterocycles. The maximum absolute atomic E-state index is 11.9. The van der Waals surface area contributed by atoms with Crippen LogP contribution in [0.25, 0.3) is 0 Å². The van der Waals surface area contributed by atoms with Gasteiger partial charge >= 0.3 is 0 Å². The first kappa shape index (κ1) is 12.9. The number of likely N-dealkylation sites (N-methyl/N-ethyl adjacent to an activating group) is 1. The van der Waals surface area contributed by atoms with Crippen LogP contribution in [0.1, 0.15) is 6.92 Å². The summed E-state index contributed by atoms with van der Waals surface area (Å²) >= 11 is 6.45. The number of nitrogens with zero attached hydrogens (tertiary/aromatic N) is 2. The number of thiazole rings is 1. The summed E-state index contributed by atoms with van der Waals surface area (Å²) in [6.45, 7) is 1.38. The number of aliphatic hydroxyl groups excluding tert-OH is 1. The number of rotatable bonds is 4. The van der Waals surface area contributed by atoms with Crippen molar-refractivity contribution in [3.05, 3.63) is 10.7 Å². The van der Waals surface area contributed by atoms with E-state index < -0.39 is 16.1 Å². The molecule has 86 valence electrons. The molecule has 5 nitrogen and oxygen atoms in total. The van der Waals surface area contributed by atoms with E-state index >= 15 is 0 Å². The maximum Gasteiger partial charge on any atom is 0.254 e. The molecule has 0 saturated heterocycles. The van der Waals surface area contributed by atoms with Gasteiger partial charge in [-0.3, -0.25) is 0 Å². The summed E-state index contributed by atoms with van der Waals surface area (Å²) in [7, 11) is -2.18. The third-order valence-electron chi connectivity index (χ3n) is 1.97. The highest BCUT2D eigenvalue weighted by atomic mass is 35.5. The molecule has 8 heteroatoms. The lowest BCUT2D eigenvalue weighted by atomic mass is 10.4. The van der Waals surface area contributed by atoms with E-state index in [1.54, 1.807) is 6.92 Å². The number of hydrogen-bond acceptors (Lipinski definition) is 5. The van der Waals surface area contributed by atoms with Crippen LogP contribution in [0, 0.1) is 0 Å². The smallest absolute Gasteiger partial charge is 0.254 e. The van der Waals surface area contributed by atoms with Gasteiger partial charge in [-0.05, 0) is 6.92 Å². The molecule has 0 aliphatic carbocycles. The fourth-order valence-electron chi connectivity index (χ4n) is 0.852. The highest BCUT2D eigenvalue weighted by Gasteiger charge is 2.26. The Kier molecular flexibility index (Phi) is 4.07. The van der Waals surface area contributed by atoms with Gasteiger partial charge in [0.15, 0.2) is 8.68 Å². The van der Waals surface area contributed by atoms with Gasteiger partial charge in [0.2, 0.25) is 0 Å². The van der Waals surface area contributed by atoms with Gasteiger partial charge in [-0.1, -0.05) is 22.9 Å². The average Bonchev–Trinajstić information content (AvgIpc) is 2.63. The van der Waals surface area contributed by atoms with Crippen LogP contribution in [-0.2, 0) is 10.0 Å². The van der Waals surface area contributed by atoms with Gasteiger partial charge in [-0.2, -0.15) is 4.31 Å². The SMILES string of the molecule is CC(CO)N(C)S(=O)(=O)c1cnc(Cl)s1. The van der Waals surface area contributed by atoms with Crippen molar-refractivity contribution in [2.75, 3.05) is 13.7 Å². The van der Waals surface area contributed by atoms with Crippen molar-refractivity contribution in [1.29, 1.82) is 0 Å². The molecule has 0 aliphatic rings. The largest absolute Gasteiger partial charge is 0.395 e. The predicted molar refractivity (Wildman–Crippen MR) is 58.6 cm³/mol. The summed E-state index contributed by atoms with van der Waals surface area (Å²) < 4.78 is 25.1. The zero-order chi connectivity index (χ0) is 11.6. The second kappa shape index (κ2) is 4.75. The minimum atomic E-state index is -3.58. The highest BCUT2D eigenvalue weighted by molar-refractivity contribution is 7.91. The van der Waals surface area contributed by atoms with Crippen molar-refractivity contribution in [3.63, 3.8) is 0 Å². The quantitative estimate of drug-likeness (QED) is 0.879. The van der Waals surface area contributed by atoms with E-state index in [0.717, 1.165) is 15.6 Å². The van der Waals surface area contributed by atoms with Crippen molar-refractivity contribution < 1.29 is 13.5 Å². The molecule has 1 N–H and O–H groups in total. The van der Waals surface area contributed by atoms with E-state index in [9.17, 15) is 8.42 Å². The predicted octanol–water partition coefficient (Wildman–Crippen LogP) is 0.798. The third-order valence-corrected chi connectivity index (χ3v) is 5.50. The first-order valence-electron chi connectivity index (χ1n) is 4.09. The van der Waals surface area contributed by atoms with Crippen molar-refractivity contribution in [2.45, 2.75) is 17.2 Å². The van der Waals surface area contributed by atoms with Crippen molar-refractivity contribution in [2.24, 2.45) is 0 Å². The van der Waals surface area contributed by atoms with Crippen LogP contribution in [0.15, 0.2) is 10.4 Å². The average molecular weight is 271 g/mol. The van der Waals surface area contributed by atoms with E-state index in [2.05, 4.69) is 4.98 Å². The maximum atomic E-state index is 11.9. The molecular formula is C7H11ClN2O3S2. The standard InChI is InChI=1S/C7H11ClN2O3S2/c1-5(4-11)10(2)15(12,13)6-3-9-7(8)14-6/h3,5,11H,4H2,1-2H3. The molecule has 0 amide bonds. The van der Waals surface area contributed by atoms with Gasteiger partial charge in [0.25, 0.3) is 10.0 Å². The normalized spacial score (nSPS) is 14.5. The molecule has 0 saturated carbocycles. The monoisotopic (exact) mass is 270 g/mol. The van der Waals surface area contributed by atoms with Gasteiger partial charge in [0.1, 0.15) is 0 Å². The first-order valence-corrected chi connectivity index (χ1v) is 6.73. The molecule has 0 bridgehead atoms. The lowest BCUT2D eigenvalue weighted by Crippen LogP contribution is -2.36. The Hall–Kier alpha value is -0.210. The van der Waals surface area contributed by atoms with E-state index in [-0.39, 0.29) is 15.3 Å². The summed E-state index contributed by atoms with van der Waals surface area (Å²) in [4.78, 5) is 3.67. The Balaban J connectivity index is 3.03. The van der Waals surface area contributed by atoms with E-state index in [0.29, 0.717) is 0 Å². The second-order valence-electron chi connectivity index (χ2n) is 2.99. The molecule has 0 spiro atoms. The van der Waals surface area contributed by atoms with E-state index in [1.807, 2.05) is 0 Å². The molecule has 1 atom stereocenters. The van der Waals surface area contributed by atoms with E-state index in [4.69, 9.17) is 16.7 Å². The molecule has 0 aliphatic heterocycles. The number of halogens is 1. The van der Waals surface area contributed by atoms with E-state index in [1.165, 1.54) is 13.2 Å². The number of aromatic nitrogens is 1. The first-order chi connectivity index (χ1) is 6.89. The summed E-state index contributed by atoms with van der Waals surface area (Å²) in [6.07, 6.45) is 1.21. The summed E-state index contributed by atoms with van der Waals surface area (Å²) in [5.74, 6) is 0. The Bertz CT molecular complexity index is 431. The van der Waals surface area contributed by atoms with Crippen molar-refractivity contribution in [1.82, 2.24) is 9.29 Å². The van der Waals surface area contributed by atoms with Gasteiger partial charge in [0, 0.05) is 13.1 Å². The molecule has 0 fully saturated rings. The van der Waals surface area contributed by atoms with Gasteiger partial charge in [-0.25, -0.2) is 13.4 Å². The van der Waals surface area contributed by atoms with Crippen LogP contribution in [-0.4, -0.2) is 42.5 Å². The zero-order valence-corrected chi connectivity index (χ0v) is 10.6. The second-order valence-corrected chi connectivity index (χ2v) is 6.82. The third kappa shape index (κ3) is 2.67. The zero-order valence-electron chi connectivity index (χ0n) is 8.21. The number of sulfonamides is 1. The topological polar surface area (TPSA) is 70.5 Å². The van der Waals surface area contributed by atoms with Crippen LogP contribution in [0.2, 0.25) is 4.47 Å². The number of aliphatic hydroxyl groups is 1. The Morgan fingerprint density at radius 2 is 2.33 bits per heavy atom. The summed E-state index contributed by atoms with van der Waals surface area (Å²) in [6, 6.07) is -0.476. The Morgan fingerprint density at radius 3 is 2.73 bits per heavy atom. The Labute approximate surface area is 97.4 Å². The van der Waals surface area contributed by atoms with Crippen LogP contribution in [0.3, 0.4) is 0 Å². The van der Waals surface area contributed by atoms with Crippen LogP contribution >= 0.6 is 22.9 Å². The molecular weight excluding hydrogens is 260 g/mol. The molecule has 0 aromatic carbocycles. The molecule has 1 aromatic rings. The Morgan fingerprint density at radius 1 is 1.73 bits per heavy atom. The summed E-state index contributed by atoms with van der Waals surface area (Å²) in [5.41, 5.74) is 0. The molecule has 1 aromatic heterocycles.